The van der Waals surface area contributed by atoms with Gasteiger partial charge in [0.15, 0.2) is 0 Å². The zero-order chi connectivity index (χ0) is 23.4. The maximum atomic E-state index is 14.3. The predicted molar refractivity (Wildman–Crippen MR) is 121 cm³/mol. The Balaban J connectivity index is 1.73. The smallest absolute Gasteiger partial charge is 0.257 e. The lowest BCUT2D eigenvalue weighted by Gasteiger charge is -2.47. The first-order valence-corrected chi connectivity index (χ1v) is 13.3. The molecule has 1 saturated carbocycles. The third kappa shape index (κ3) is 5.66. The minimum atomic E-state index is -3.24. The quantitative estimate of drug-likeness (QED) is 0.619. The second-order valence-corrected chi connectivity index (χ2v) is 11.2. The molecule has 1 aliphatic heterocycles. The highest BCUT2D eigenvalue weighted by molar-refractivity contribution is 7.89. The summed E-state index contributed by atoms with van der Waals surface area (Å²) >= 11 is 0. The van der Waals surface area contributed by atoms with Gasteiger partial charge in [-0.1, -0.05) is 32.6 Å². The number of aryl methyl sites for hydroxylation is 1. The van der Waals surface area contributed by atoms with Crippen molar-refractivity contribution in [3.05, 3.63) is 34.9 Å². The Morgan fingerprint density at radius 3 is 2.12 bits per heavy atom. The van der Waals surface area contributed by atoms with E-state index in [1.54, 1.807) is 11.2 Å². The Morgan fingerprint density at radius 2 is 1.59 bits per heavy atom. The molecule has 32 heavy (non-hydrogen) atoms. The van der Waals surface area contributed by atoms with E-state index >= 15 is 0 Å². The van der Waals surface area contributed by atoms with Crippen LogP contribution in [0.5, 0.6) is 0 Å². The Labute approximate surface area is 190 Å². The lowest BCUT2D eigenvalue weighted by molar-refractivity contribution is 0.0390. The zero-order valence-corrected chi connectivity index (χ0v) is 19.9. The van der Waals surface area contributed by atoms with Crippen molar-refractivity contribution in [1.29, 1.82) is 0 Å². The number of nitrogens with zero attached hydrogens (tertiary/aromatic N) is 2. The molecular formula is C23H35F2N3O3S. The van der Waals surface area contributed by atoms with Crippen LogP contribution in [0.25, 0.3) is 0 Å². The van der Waals surface area contributed by atoms with Gasteiger partial charge in [-0.25, -0.2) is 17.2 Å². The van der Waals surface area contributed by atoms with Crippen molar-refractivity contribution in [3.8, 4) is 0 Å². The number of piperazine rings is 1. The lowest BCUT2D eigenvalue weighted by Crippen LogP contribution is -2.61. The van der Waals surface area contributed by atoms with Crippen LogP contribution in [0.1, 0.15) is 67.8 Å². The summed E-state index contributed by atoms with van der Waals surface area (Å²) in [6.45, 7) is 5.77. The monoisotopic (exact) mass is 471 g/mol. The van der Waals surface area contributed by atoms with Crippen LogP contribution in [0.2, 0.25) is 0 Å². The van der Waals surface area contributed by atoms with Crippen LogP contribution in [-0.4, -0.2) is 67.5 Å². The molecule has 1 aliphatic carbocycles. The largest absolute Gasteiger partial charge is 0.350 e. The molecular weight excluding hydrogens is 436 g/mol. The number of nitrogens with one attached hydrogen (secondary N) is 1. The summed E-state index contributed by atoms with van der Waals surface area (Å²) in [7, 11) is -3.24. The third-order valence-electron chi connectivity index (χ3n) is 6.79. The van der Waals surface area contributed by atoms with Crippen molar-refractivity contribution in [3.63, 3.8) is 0 Å². The van der Waals surface area contributed by atoms with Crippen LogP contribution in [0.15, 0.2) is 12.1 Å². The molecule has 1 saturated heterocycles. The Hall–Kier alpha value is -1.58. The average molecular weight is 472 g/mol. The average Bonchev–Trinajstić information content (AvgIpc) is 2.98. The summed E-state index contributed by atoms with van der Waals surface area (Å²) in [5, 5.41) is 2.81. The van der Waals surface area contributed by atoms with Gasteiger partial charge in [0, 0.05) is 38.3 Å². The fraction of sp³-hybridized carbons (Fsp3) is 0.696. The van der Waals surface area contributed by atoms with Crippen LogP contribution in [-0.2, 0) is 10.0 Å². The molecule has 6 nitrogen and oxygen atoms in total. The SMILES string of the molecule is CCCS(=O)(=O)N1CCN(C2(CNC(=O)c3c(F)cc(C)cc3F)CCCCCC2)CC1. The minimum absolute atomic E-state index is 0.155. The highest BCUT2D eigenvalue weighted by atomic mass is 32.2. The lowest BCUT2D eigenvalue weighted by atomic mass is 9.87. The summed E-state index contributed by atoms with van der Waals surface area (Å²) in [6.07, 6.45) is 6.57. The molecule has 180 valence electrons. The third-order valence-corrected chi connectivity index (χ3v) is 8.87. The van der Waals surface area contributed by atoms with Crippen LogP contribution in [0, 0.1) is 18.6 Å². The summed E-state index contributed by atoms with van der Waals surface area (Å²) < 4.78 is 55.0. The first-order chi connectivity index (χ1) is 15.2. The van der Waals surface area contributed by atoms with Gasteiger partial charge in [-0.15, -0.1) is 0 Å². The Kier molecular flexibility index (Phi) is 8.27. The van der Waals surface area contributed by atoms with Crippen molar-refractivity contribution in [2.45, 2.75) is 64.3 Å². The summed E-state index contributed by atoms with van der Waals surface area (Å²) in [6, 6.07) is 2.32. The van der Waals surface area contributed by atoms with Gasteiger partial charge in [0.1, 0.15) is 17.2 Å². The van der Waals surface area contributed by atoms with Crippen LogP contribution >= 0.6 is 0 Å². The Bertz CT molecular complexity index is 884. The van der Waals surface area contributed by atoms with E-state index < -0.39 is 33.1 Å². The van der Waals surface area contributed by atoms with Gasteiger partial charge in [0.25, 0.3) is 5.91 Å². The fourth-order valence-electron chi connectivity index (χ4n) is 5.07. The highest BCUT2D eigenvalue weighted by Gasteiger charge is 2.40. The fourth-order valence-corrected chi connectivity index (χ4v) is 6.56. The maximum Gasteiger partial charge on any atom is 0.257 e. The van der Waals surface area contributed by atoms with Gasteiger partial charge in [0.05, 0.1) is 5.75 Å². The van der Waals surface area contributed by atoms with E-state index in [1.807, 2.05) is 6.92 Å². The van der Waals surface area contributed by atoms with Gasteiger partial charge >= 0.3 is 0 Å². The molecule has 0 aromatic heterocycles. The Morgan fingerprint density at radius 1 is 1.03 bits per heavy atom. The molecule has 0 bridgehead atoms. The minimum Gasteiger partial charge on any atom is -0.350 e. The van der Waals surface area contributed by atoms with E-state index in [9.17, 15) is 22.0 Å². The van der Waals surface area contributed by atoms with Crippen molar-refractivity contribution < 1.29 is 22.0 Å². The molecule has 0 unspecified atom stereocenters. The van der Waals surface area contributed by atoms with E-state index in [0.29, 0.717) is 44.7 Å². The molecule has 1 aromatic rings. The van der Waals surface area contributed by atoms with E-state index in [1.165, 1.54) is 0 Å². The zero-order valence-electron chi connectivity index (χ0n) is 19.1. The molecule has 2 aliphatic rings. The van der Waals surface area contributed by atoms with Crippen LogP contribution < -0.4 is 5.32 Å². The molecule has 0 spiro atoms. The van der Waals surface area contributed by atoms with E-state index in [0.717, 1.165) is 50.7 Å². The number of benzene rings is 1. The number of amides is 1. The summed E-state index contributed by atoms with van der Waals surface area (Å²) in [5.74, 6) is -2.30. The topological polar surface area (TPSA) is 69.7 Å². The molecule has 1 heterocycles. The van der Waals surface area contributed by atoms with Crippen molar-refractivity contribution in [2.75, 3.05) is 38.5 Å². The van der Waals surface area contributed by atoms with E-state index in [4.69, 9.17) is 0 Å². The number of hydrogen-bond acceptors (Lipinski definition) is 4. The van der Waals surface area contributed by atoms with Crippen LogP contribution in [0.3, 0.4) is 0 Å². The number of hydrogen-bond donors (Lipinski definition) is 1. The van der Waals surface area contributed by atoms with E-state index in [2.05, 4.69) is 10.2 Å². The number of carbonyl (C=O) groups excluding carboxylic acids is 1. The number of halogens is 2. The molecule has 0 atom stereocenters. The number of carbonyl (C=O) groups is 1. The number of sulfonamides is 1. The normalized spacial score (nSPS) is 20.6. The van der Waals surface area contributed by atoms with Gasteiger partial charge < -0.3 is 5.32 Å². The molecule has 0 radical (unpaired) electrons. The number of rotatable bonds is 7. The van der Waals surface area contributed by atoms with Crippen molar-refractivity contribution in [2.24, 2.45) is 0 Å². The molecule has 2 fully saturated rings. The van der Waals surface area contributed by atoms with Crippen molar-refractivity contribution in [1.82, 2.24) is 14.5 Å². The van der Waals surface area contributed by atoms with Crippen molar-refractivity contribution >= 4 is 15.9 Å². The molecule has 1 amide bonds. The summed E-state index contributed by atoms with van der Waals surface area (Å²) in [5.41, 5.74) is -0.452. The first kappa shape index (κ1) is 25.1. The molecule has 9 heteroatoms. The molecule has 1 aromatic carbocycles. The molecule has 3 rings (SSSR count). The maximum absolute atomic E-state index is 14.3. The standard InChI is InChI=1S/C23H35F2N3O3S/c1-3-14-32(30,31)28-12-10-27(11-13-28)23(8-6-4-5-7-9-23)17-26-22(29)21-19(24)15-18(2)16-20(21)25/h15-16H,3-14,17H2,1-2H3,(H,26,29). The second-order valence-electron chi connectivity index (χ2n) is 9.13. The van der Waals surface area contributed by atoms with Gasteiger partial charge in [-0.05, 0) is 43.9 Å². The summed E-state index contributed by atoms with van der Waals surface area (Å²) in [4.78, 5) is 15.0. The van der Waals surface area contributed by atoms with Gasteiger partial charge in [0.2, 0.25) is 10.0 Å². The predicted octanol–water partition coefficient (Wildman–Crippen LogP) is 3.45. The second kappa shape index (κ2) is 10.6. The first-order valence-electron chi connectivity index (χ1n) is 11.7. The van der Waals surface area contributed by atoms with Crippen LogP contribution in [0.4, 0.5) is 8.78 Å². The molecule has 1 N–H and O–H groups in total. The van der Waals surface area contributed by atoms with Gasteiger partial charge in [-0.3, -0.25) is 9.69 Å². The van der Waals surface area contributed by atoms with Gasteiger partial charge in [-0.2, -0.15) is 4.31 Å². The van der Waals surface area contributed by atoms with E-state index in [-0.39, 0.29) is 11.3 Å². The highest BCUT2D eigenvalue weighted by Crippen LogP contribution is 2.33.